The molecule has 1 aliphatic heterocycles. The third kappa shape index (κ3) is 4.73. The van der Waals surface area contributed by atoms with Crippen molar-refractivity contribution >= 4 is 11.9 Å². The highest BCUT2D eigenvalue weighted by molar-refractivity contribution is 5.79. The molecular weight excluding hydrogens is 286 g/mol. The van der Waals surface area contributed by atoms with Crippen LogP contribution in [0.1, 0.15) is 18.9 Å². The van der Waals surface area contributed by atoms with Gasteiger partial charge in [0.15, 0.2) is 0 Å². The van der Waals surface area contributed by atoms with Gasteiger partial charge in [0.2, 0.25) is 5.91 Å². The zero-order valence-electron chi connectivity index (χ0n) is 12.7. The molecule has 1 amide bonds. The Bertz CT molecular complexity index is 514. The van der Waals surface area contributed by atoms with E-state index in [1.807, 2.05) is 31.2 Å². The van der Waals surface area contributed by atoms with Crippen molar-refractivity contribution in [2.45, 2.75) is 25.9 Å². The molecule has 0 saturated carbocycles. The molecule has 1 aromatic rings. The summed E-state index contributed by atoms with van der Waals surface area (Å²) in [6.07, 6.45) is -0.200. The highest BCUT2D eigenvalue weighted by Crippen LogP contribution is 2.15. The Hall–Kier alpha value is -2.08. The number of ether oxygens (including phenoxy) is 2. The summed E-state index contributed by atoms with van der Waals surface area (Å²) in [6, 6.07) is 7.44. The number of carbonyl (C=O) groups is 2. The molecule has 1 saturated heterocycles. The molecule has 1 N–H and O–H groups in total. The van der Waals surface area contributed by atoms with E-state index in [4.69, 9.17) is 14.6 Å². The van der Waals surface area contributed by atoms with Gasteiger partial charge in [0, 0.05) is 13.1 Å². The van der Waals surface area contributed by atoms with E-state index < -0.39 is 12.1 Å². The van der Waals surface area contributed by atoms with Crippen LogP contribution in [0.5, 0.6) is 5.75 Å². The van der Waals surface area contributed by atoms with E-state index >= 15 is 0 Å². The summed E-state index contributed by atoms with van der Waals surface area (Å²) >= 11 is 0. The zero-order chi connectivity index (χ0) is 15.9. The SMILES string of the molecule is CCOc1ccc(CC(=O)N2CCO[C@@H](CC(=O)O)C2)cc1. The Kier molecular flexibility index (Phi) is 5.77. The number of morpholine rings is 1. The Morgan fingerprint density at radius 1 is 1.36 bits per heavy atom. The topological polar surface area (TPSA) is 76.1 Å². The second-order valence-electron chi connectivity index (χ2n) is 5.18. The number of carboxylic acids is 1. The summed E-state index contributed by atoms with van der Waals surface area (Å²) in [4.78, 5) is 24.7. The highest BCUT2D eigenvalue weighted by atomic mass is 16.5. The molecular formula is C16H21NO5. The van der Waals surface area contributed by atoms with Gasteiger partial charge >= 0.3 is 5.97 Å². The van der Waals surface area contributed by atoms with Crippen LogP contribution in [0.2, 0.25) is 0 Å². The lowest BCUT2D eigenvalue weighted by Gasteiger charge is -2.32. The molecule has 0 aromatic heterocycles. The zero-order valence-corrected chi connectivity index (χ0v) is 12.7. The molecule has 0 radical (unpaired) electrons. The normalized spacial score (nSPS) is 18.0. The number of nitrogens with zero attached hydrogens (tertiary/aromatic N) is 1. The van der Waals surface area contributed by atoms with Gasteiger partial charge in [-0.25, -0.2) is 0 Å². The largest absolute Gasteiger partial charge is 0.494 e. The number of carbonyl (C=O) groups excluding carboxylic acids is 1. The predicted octanol–water partition coefficient (Wildman–Crippen LogP) is 1.33. The standard InChI is InChI=1S/C16H21NO5/c1-2-21-13-5-3-12(4-6-13)9-15(18)17-7-8-22-14(11-17)10-16(19)20/h3-6,14H,2,7-11H2,1H3,(H,19,20)/t14-/m0/s1. The van der Waals surface area contributed by atoms with Crippen LogP contribution in [0.4, 0.5) is 0 Å². The van der Waals surface area contributed by atoms with Crippen LogP contribution in [-0.4, -0.2) is 54.3 Å². The molecule has 0 spiro atoms. The van der Waals surface area contributed by atoms with Gasteiger partial charge in [-0.1, -0.05) is 12.1 Å². The lowest BCUT2D eigenvalue weighted by molar-refractivity contribution is -0.147. The molecule has 6 heteroatoms. The minimum absolute atomic E-state index is 0.0113. The van der Waals surface area contributed by atoms with E-state index in [-0.39, 0.29) is 12.3 Å². The first-order valence-electron chi connectivity index (χ1n) is 7.41. The fourth-order valence-corrected chi connectivity index (χ4v) is 2.42. The first-order valence-corrected chi connectivity index (χ1v) is 7.41. The van der Waals surface area contributed by atoms with Gasteiger partial charge in [-0.2, -0.15) is 0 Å². The number of carboxylic acid groups (broad SMARTS) is 1. The molecule has 1 atom stereocenters. The highest BCUT2D eigenvalue weighted by Gasteiger charge is 2.25. The van der Waals surface area contributed by atoms with Gasteiger partial charge in [0.05, 0.1) is 32.2 Å². The maximum Gasteiger partial charge on any atom is 0.306 e. The Labute approximate surface area is 129 Å². The maximum absolute atomic E-state index is 12.3. The summed E-state index contributed by atoms with van der Waals surface area (Å²) in [6.45, 7) is 3.75. The Morgan fingerprint density at radius 2 is 2.09 bits per heavy atom. The summed E-state index contributed by atoms with van der Waals surface area (Å²) in [5.41, 5.74) is 0.912. The first-order chi connectivity index (χ1) is 10.6. The summed E-state index contributed by atoms with van der Waals surface area (Å²) in [5, 5.41) is 8.80. The molecule has 120 valence electrons. The summed E-state index contributed by atoms with van der Waals surface area (Å²) in [7, 11) is 0. The van der Waals surface area contributed by atoms with Crippen molar-refractivity contribution < 1.29 is 24.2 Å². The van der Waals surface area contributed by atoms with E-state index in [0.717, 1.165) is 11.3 Å². The van der Waals surface area contributed by atoms with Crippen molar-refractivity contribution in [3.8, 4) is 5.75 Å². The quantitative estimate of drug-likeness (QED) is 0.858. The molecule has 0 unspecified atom stereocenters. The van der Waals surface area contributed by atoms with Gasteiger partial charge in [-0.3, -0.25) is 9.59 Å². The van der Waals surface area contributed by atoms with Gasteiger partial charge < -0.3 is 19.5 Å². The molecule has 1 aliphatic rings. The number of aliphatic carboxylic acids is 1. The lowest BCUT2D eigenvalue weighted by Crippen LogP contribution is -2.46. The average molecular weight is 307 g/mol. The fraction of sp³-hybridized carbons (Fsp3) is 0.500. The number of hydrogen-bond acceptors (Lipinski definition) is 4. The molecule has 1 aromatic carbocycles. The number of hydrogen-bond donors (Lipinski definition) is 1. The van der Waals surface area contributed by atoms with E-state index in [1.165, 1.54) is 0 Å². The minimum atomic E-state index is -0.911. The number of benzene rings is 1. The van der Waals surface area contributed by atoms with Crippen LogP contribution >= 0.6 is 0 Å². The third-order valence-corrected chi connectivity index (χ3v) is 3.48. The monoisotopic (exact) mass is 307 g/mol. The van der Waals surface area contributed by atoms with Crippen molar-refractivity contribution in [3.63, 3.8) is 0 Å². The van der Waals surface area contributed by atoms with Gasteiger partial charge in [0.1, 0.15) is 5.75 Å². The molecule has 1 fully saturated rings. The van der Waals surface area contributed by atoms with Gasteiger partial charge in [0.25, 0.3) is 0 Å². The Balaban J connectivity index is 1.89. The van der Waals surface area contributed by atoms with Crippen LogP contribution in [0.25, 0.3) is 0 Å². The Morgan fingerprint density at radius 3 is 2.73 bits per heavy atom. The maximum atomic E-state index is 12.3. The smallest absolute Gasteiger partial charge is 0.306 e. The second kappa shape index (κ2) is 7.79. The molecule has 6 nitrogen and oxygen atoms in total. The number of amides is 1. The van der Waals surface area contributed by atoms with Crippen LogP contribution in [0.3, 0.4) is 0 Å². The van der Waals surface area contributed by atoms with E-state index in [2.05, 4.69) is 0 Å². The molecule has 22 heavy (non-hydrogen) atoms. The second-order valence-corrected chi connectivity index (χ2v) is 5.18. The fourth-order valence-electron chi connectivity index (χ4n) is 2.42. The van der Waals surface area contributed by atoms with Crippen molar-refractivity contribution in [1.82, 2.24) is 4.90 Å². The van der Waals surface area contributed by atoms with Crippen LogP contribution in [0, 0.1) is 0 Å². The summed E-state index contributed by atoms with van der Waals surface area (Å²) < 4.78 is 10.7. The number of rotatable bonds is 6. The van der Waals surface area contributed by atoms with Crippen molar-refractivity contribution in [2.75, 3.05) is 26.3 Å². The van der Waals surface area contributed by atoms with Crippen molar-refractivity contribution in [1.29, 1.82) is 0 Å². The van der Waals surface area contributed by atoms with E-state index in [1.54, 1.807) is 4.90 Å². The van der Waals surface area contributed by atoms with Crippen LogP contribution in [0.15, 0.2) is 24.3 Å². The molecule has 1 heterocycles. The van der Waals surface area contributed by atoms with Gasteiger partial charge in [-0.05, 0) is 24.6 Å². The predicted molar refractivity (Wildman–Crippen MR) is 79.9 cm³/mol. The van der Waals surface area contributed by atoms with Crippen molar-refractivity contribution in [2.24, 2.45) is 0 Å². The van der Waals surface area contributed by atoms with E-state index in [0.29, 0.717) is 32.7 Å². The van der Waals surface area contributed by atoms with E-state index in [9.17, 15) is 9.59 Å². The molecule has 2 rings (SSSR count). The van der Waals surface area contributed by atoms with Gasteiger partial charge in [-0.15, -0.1) is 0 Å². The third-order valence-electron chi connectivity index (χ3n) is 3.48. The van der Waals surface area contributed by atoms with Crippen molar-refractivity contribution in [3.05, 3.63) is 29.8 Å². The average Bonchev–Trinajstić information content (AvgIpc) is 2.49. The minimum Gasteiger partial charge on any atom is -0.494 e. The summed E-state index contributed by atoms with van der Waals surface area (Å²) in [5.74, 6) is -0.139. The molecule has 0 aliphatic carbocycles. The van der Waals surface area contributed by atoms with Crippen LogP contribution < -0.4 is 4.74 Å². The lowest BCUT2D eigenvalue weighted by atomic mass is 10.1. The first kappa shape index (κ1) is 16.3. The van der Waals surface area contributed by atoms with Crippen LogP contribution in [-0.2, 0) is 20.7 Å². The molecule has 0 bridgehead atoms.